The van der Waals surface area contributed by atoms with Crippen molar-refractivity contribution in [1.82, 2.24) is 4.90 Å². The Hall–Kier alpha value is -1.02. The number of carbonyl (C=O) groups excluding carboxylic acids is 1. The summed E-state index contributed by atoms with van der Waals surface area (Å²) >= 11 is 6.12. The molecule has 0 radical (unpaired) electrons. The van der Waals surface area contributed by atoms with Crippen LogP contribution in [0.1, 0.15) is 37.7 Å². The highest BCUT2D eigenvalue weighted by Crippen LogP contribution is 2.42. The van der Waals surface area contributed by atoms with E-state index in [9.17, 15) is 4.79 Å². The number of carbonyl (C=O) groups is 1. The fraction of sp³-hybridized carbons (Fsp3) is 0.562. The predicted octanol–water partition coefficient (Wildman–Crippen LogP) is 3.34. The van der Waals surface area contributed by atoms with Gasteiger partial charge >= 0.3 is 0 Å². The molecule has 1 unspecified atom stereocenters. The number of nitrogens with zero attached hydrogens (tertiary/aromatic N) is 1. The van der Waals surface area contributed by atoms with Crippen molar-refractivity contribution in [2.75, 3.05) is 13.1 Å². The Kier molecular flexibility index (Phi) is 3.53. The van der Waals surface area contributed by atoms with Crippen molar-refractivity contribution in [2.24, 2.45) is 0 Å². The number of amides is 1. The molecule has 1 heterocycles. The maximum atomic E-state index is 12.0. The Labute approximate surface area is 119 Å². The fourth-order valence-corrected chi connectivity index (χ4v) is 3.92. The third-order valence-corrected chi connectivity index (χ3v) is 4.90. The molecule has 1 atom stereocenters. The Morgan fingerprint density at radius 3 is 2.47 bits per heavy atom. The van der Waals surface area contributed by atoms with Gasteiger partial charge in [-0.3, -0.25) is 4.79 Å². The van der Waals surface area contributed by atoms with E-state index in [1.807, 2.05) is 4.90 Å². The van der Waals surface area contributed by atoms with Gasteiger partial charge in [-0.05, 0) is 18.4 Å². The van der Waals surface area contributed by atoms with Crippen molar-refractivity contribution < 1.29 is 4.79 Å². The number of benzene rings is 1. The van der Waals surface area contributed by atoms with E-state index < -0.39 is 0 Å². The van der Waals surface area contributed by atoms with Gasteiger partial charge in [0.05, 0.1) is 5.38 Å². The van der Waals surface area contributed by atoms with E-state index in [1.54, 1.807) is 0 Å². The van der Waals surface area contributed by atoms with E-state index in [1.165, 1.54) is 31.2 Å². The summed E-state index contributed by atoms with van der Waals surface area (Å²) in [7, 11) is 0. The van der Waals surface area contributed by atoms with E-state index in [0.717, 1.165) is 13.1 Å². The summed E-state index contributed by atoms with van der Waals surface area (Å²) in [5.74, 6) is 0.224. The zero-order valence-electron chi connectivity index (χ0n) is 11.1. The quantitative estimate of drug-likeness (QED) is 0.776. The van der Waals surface area contributed by atoms with Crippen LogP contribution >= 0.6 is 11.6 Å². The number of rotatable bonds is 3. The minimum Gasteiger partial charge on any atom is -0.340 e. The van der Waals surface area contributed by atoms with Gasteiger partial charge in [0.15, 0.2) is 0 Å². The molecule has 2 aliphatic rings. The van der Waals surface area contributed by atoms with Crippen molar-refractivity contribution in [3.8, 4) is 0 Å². The number of likely N-dealkylation sites (tertiary alicyclic amines) is 1. The highest BCUT2D eigenvalue weighted by molar-refractivity contribution is 6.22. The second kappa shape index (κ2) is 5.16. The average molecular weight is 278 g/mol. The Morgan fingerprint density at radius 1 is 1.21 bits per heavy atom. The molecular formula is C16H20ClNO. The fourth-order valence-electron chi connectivity index (χ4n) is 3.62. The summed E-state index contributed by atoms with van der Waals surface area (Å²) < 4.78 is 0. The number of hydrogen-bond donors (Lipinski definition) is 0. The van der Waals surface area contributed by atoms with Crippen molar-refractivity contribution in [3.05, 3.63) is 35.9 Å². The van der Waals surface area contributed by atoms with Crippen LogP contribution in [0.2, 0.25) is 0 Å². The number of alkyl halides is 1. The second-order valence-electron chi connectivity index (χ2n) is 5.93. The van der Waals surface area contributed by atoms with Crippen molar-refractivity contribution in [3.63, 3.8) is 0 Å². The highest BCUT2D eigenvalue weighted by Gasteiger charge is 2.40. The van der Waals surface area contributed by atoms with Gasteiger partial charge in [0.1, 0.15) is 0 Å². The third kappa shape index (κ3) is 2.51. The molecule has 0 aromatic heterocycles. The lowest BCUT2D eigenvalue weighted by molar-refractivity contribution is -0.128. The van der Waals surface area contributed by atoms with Crippen LogP contribution in [-0.2, 0) is 10.2 Å². The van der Waals surface area contributed by atoms with Crippen molar-refractivity contribution in [1.29, 1.82) is 0 Å². The number of halogens is 1. The van der Waals surface area contributed by atoms with Crippen LogP contribution in [0.4, 0.5) is 0 Å². The predicted molar refractivity (Wildman–Crippen MR) is 77.4 cm³/mol. The molecule has 1 aliphatic heterocycles. The lowest BCUT2D eigenvalue weighted by atomic mass is 9.78. The first kappa shape index (κ1) is 13.0. The summed E-state index contributed by atoms with van der Waals surface area (Å²) in [5.41, 5.74) is 1.55. The van der Waals surface area contributed by atoms with Crippen molar-refractivity contribution >= 4 is 17.5 Å². The Bertz CT molecular complexity index is 453. The smallest absolute Gasteiger partial charge is 0.224 e. The minimum absolute atomic E-state index is 0.00160. The molecule has 1 aromatic carbocycles. The van der Waals surface area contributed by atoms with E-state index in [2.05, 4.69) is 30.3 Å². The minimum atomic E-state index is 0.00160. The monoisotopic (exact) mass is 277 g/mol. The first-order chi connectivity index (χ1) is 9.20. The molecule has 3 rings (SSSR count). The van der Waals surface area contributed by atoms with Gasteiger partial charge in [-0.15, -0.1) is 11.6 Å². The average Bonchev–Trinajstić information content (AvgIpc) is 3.00. The molecule has 1 amide bonds. The zero-order chi connectivity index (χ0) is 13.3. The van der Waals surface area contributed by atoms with Gasteiger partial charge in [-0.25, -0.2) is 0 Å². The normalized spacial score (nSPS) is 26.1. The SMILES string of the molecule is O=C1CC(Cl)CN1CC1(c2ccccc2)CCCC1. The molecule has 3 heteroatoms. The van der Waals surface area contributed by atoms with Crippen LogP contribution in [0.5, 0.6) is 0 Å². The third-order valence-electron chi connectivity index (χ3n) is 4.61. The van der Waals surface area contributed by atoms with Crippen LogP contribution in [-0.4, -0.2) is 29.3 Å². The molecule has 0 bridgehead atoms. The first-order valence-electron chi connectivity index (χ1n) is 7.17. The van der Waals surface area contributed by atoms with Gasteiger partial charge in [-0.1, -0.05) is 43.2 Å². The standard InChI is InChI=1S/C16H20ClNO/c17-14-10-15(19)18(11-14)12-16(8-4-5-9-16)13-6-2-1-3-7-13/h1-3,6-7,14H,4-5,8-12H2. The summed E-state index contributed by atoms with van der Waals surface area (Å²) in [6.07, 6.45) is 5.41. The molecule has 102 valence electrons. The molecule has 1 aromatic rings. The van der Waals surface area contributed by atoms with E-state index >= 15 is 0 Å². The van der Waals surface area contributed by atoms with E-state index in [0.29, 0.717) is 6.42 Å². The summed E-state index contributed by atoms with van der Waals surface area (Å²) in [6.45, 7) is 1.56. The van der Waals surface area contributed by atoms with Gasteiger partial charge in [-0.2, -0.15) is 0 Å². The van der Waals surface area contributed by atoms with Gasteiger partial charge in [0, 0.05) is 24.9 Å². The lowest BCUT2D eigenvalue weighted by Crippen LogP contribution is -2.40. The van der Waals surface area contributed by atoms with Gasteiger partial charge < -0.3 is 4.90 Å². The largest absolute Gasteiger partial charge is 0.340 e. The Morgan fingerprint density at radius 2 is 1.89 bits per heavy atom. The van der Waals surface area contributed by atoms with Crippen LogP contribution in [0.25, 0.3) is 0 Å². The van der Waals surface area contributed by atoms with Gasteiger partial charge in [0.2, 0.25) is 5.91 Å². The molecule has 1 saturated heterocycles. The van der Waals surface area contributed by atoms with Crippen LogP contribution < -0.4 is 0 Å². The number of hydrogen-bond acceptors (Lipinski definition) is 1. The maximum Gasteiger partial charge on any atom is 0.224 e. The molecule has 19 heavy (non-hydrogen) atoms. The highest BCUT2D eigenvalue weighted by atomic mass is 35.5. The van der Waals surface area contributed by atoms with Gasteiger partial charge in [0.25, 0.3) is 0 Å². The molecule has 1 saturated carbocycles. The van der Waals surface area contributed by atoms with Crippen molar-refractivity contribution in [2.45, 2.75) is 42.9 Å². The lowest BCUT2D eigenvalue weighted by Gasteiger charge is -2.34. The molecular weight excluding hydrogens is 258 g/mol. The van der Waals surface area contributed by atoms with E-state index in [-0.39, 0.29) is 16.7 Å². The molecule has 1 aliphatic carbocycles. The summed E-state index contributed by atoms with van der Waals surface area (Å²) in [5, 5.41) is 0.00160. The Balaban J connectivity index is 1.84. The van der Waals surface area contributed by atoms with Crippen LogP contribution in [0, 0.1) is 0 Å². The second-order valence-corrected chi connectivity index (χ2v) is 6.55. The first-order valence-corrected chi connectivity index (χ1v) is 7.61. The summed E-state index contributed by atoms with van der Waals surface area (Å²) in [4.78, 5) is 14.0. The summed E-state index contributed by atoms with van der Waals surface area (Å²) in [6, 6.07) is 10.7. The molecule has 0 spiro atoms. The molecule has 0 N–H and O–H groups in total. The van der Waals surface area contributed by atoms with E-state index in [4.69, 9.17) is 11.6 Å². The topological polar surface area (TPSA) is 20.3 Å². The molecule has 2 nitrogen and oxygen atoms in total. The van der Waals surface area contributed by atoms with Crippen LogP contribution in [0.15, 0.2) is 30.3 Å². The zero-order valence-corrected chi connectivity index (χ0v) is 11.9. The molecule has 2 fully saturated rings. The van der Waals surface area contributed by atoms with Crippen LogP contribution in [0.3, 0.4) is 0 Å². The maximum absolute atomic E-state index is 12.0.